The smallest absolute Gasteiger partial charge is 0.416 e. The number of aromatic nitrogens is 1. The fourth-order valence-electron chi connectivity index (χ4n) is 2.69. The van der Waals surface area contributed by atoms with Gasteiger partial charge in [0.05, 0.1) is 12.1 Å². The lowest BCUT2D eigenvalue weighted by molar-refractivity contribution is -0.137. The molecule has 1 aromatic carbocycles. The molecule has 0 bridgehead atoms. The molecule has 0 aliphatic carbocycles. The van der Waals surface area contributed by atoms with Crippen molar-refractivity contribution in [3.05, 3.63) is 53.7 Å². The third-order valence-corrected chi connectivity index (χ3v) is 5.89. The third kappa shape index (κ3) is 4.03. The monoisotopic (exact) mass is 408 g/mol. The zero-order valence-corrected chi connectivity index (χ0v) is 14.4. The van der Waals surface area contributed by atoms with Gasteiger partial charge in [-0.05, 0) is 24.6 Å². The molecule has 0 saturated carbocycles. The van der Waals surface area contributed by atoms with Crippen molar-refractivity contribution in [3.8, 4) is 5.88 Å². The second-order valence-corrected chi connectivity index (χ2v) is 7.70. The SMILES string of the molecule is O=S(=O)(c1c(F)cccc1F)N1CC[C@@H](Oc2cc(C(F)(F)F)ccn2)C1. The molecule has 2 aromatic rings. The summed E-state index contributed by atoms with van der Waals surface area (Å²) in [5.41, 5.74) is -0.955. The molecule has 0 radical (unpaired) electrons. The summed E-state index contributed by atoms with van der Waals surface area (Å²) in [6.07, 6.45) is -4.32. The minimum absolute atomic E-state index is 0.0975. The van der Waals surface area contributed by atoms with E-state index < -0.39 is 44.4 Å². The Hall–Kier alpha value is -2.27. The highest BCUT2D eigenvalue weighted by Gasteiger charge is 2.37. The van der Waals surface area contributed by atoms with Crippen LogP contribution in [0.25, 0.3) is 0 Å². The molecule has 27 heavy (non-hydrogen) atoms. The van der Waals surface area contributed by atoms with Crippen LogP contribution in [-0.2, 0) is 16.2 Å². The standard InChI is InChI=1S/C16H13F5N2O3S/c17-12-2-1-3-13(18)15(12)27(24,25)23-7-5-11(9-23)26-14-8-10(4-6-22-14)16(19,20)21/h1-4,6,8,11H,5,7,9H2/t11-/m1/s1. The predicted octanol–water partition coefficient (Wildman–Crippen LogP) is 3.22. The molecule has 0 unspecified atom stereocenters. The molecule has 3 rings (SSSR count). The summed E-state index contributed by atoms with van der Waals surface area (Å²) < 4.78 is 96.9. The van der Waals surface area contributed by atoms with Crippen molar-refractivity contribution in [1.82, 2.24) is 9.29 Å². The maximum absolute atomic E-state index is 13.8. The van der Waals surface area contributed by atoms with Gasteiger partial charge >= 0.3 is 6.18 Å². The van der Waals surface area contributed by atoms with E-state index in [-0.39, 0.29) is 25.4 Å². The molecule has 5 nitrogen and oxygen atoms in total. The number of nitrogens with zero attached hydrogens (tertiary/aromatic N) is 2. The maximum Gasteiger partial charge on any atom is 0.416 e. The van der Waals surface area contributed by atoms with Gasteiger partial charge in [-0.2, -0.15) is 17.5 Å². The van der Waals surface area contributed by atoms with Crippen LogP contribution < -0.4 is 4.74 Å². The summed E-state index contributed by atoms with van der Waals surface area (Å²) in [5.74, 6) is -2.76. The zero-order chi connectivity index (χ0) is 19.8. The number of pyridine rings is 1. The van der Waals surface area contributed by atoms with E-state index in [2.05, 4.69) is 4.98 Å². The quantitative estimate of drug-likeness (QED) is 0.729. The first kappa shape index (κ1) is 19.5. The van der Waals surface area contributed by atoms with E-state index >= 15 is 0 Å². The first-order chi connectivity index (χ1) is 12.6. The predicted molar refractivity (Wildman–Crippen MR) is 83.4 cm³/mol. The average molecular weight is 408 g/mol. The van der Waals surface area contributed by atoms with Crippen LogP contribution in [-0.4, -0.2) is 36.9 Å². The Morgan fingerprint density at radius 2 is 1.81 bits per heavy atom. The zero-order valence-electron chi connectivity index (χ0n) is 13.6. The van der Waals surface area contributed by atoms with Gasteiger partial charge in [-0.3, -0.25) is 0 Å². The highest BCUT2D eigenvalue weighted by Crippen LogP contribution is 2.31. The van der Waals surface area contributed by atoms with Crippen molar-refractivity contribution in [2.75, 3.05) is 13.1 Å². The van der Waals surface area contributed by atoms with Crippen molar-refractivity contribution in [2.24, 2.45) is 0 Å². The van der Waals surface area contributed by atoms with Crippen LogP contribution in [0.1, 0.15) is 12.0 Å². The molecule has 1 aliphatic rings. The lowest BCUT2D eigenvalue weighted by Gasteiger charge is -2.18. The normalized spacial score (nSPS) is 18.6. The molecular weight excluding hydrogens is 395 g/mol. The van der Waals surface area contributed by atoms with Crippen molar-refractivity contribution in [3.63, 3.8) is 0 Å². The van der Waals surface area contributed by atoms with Crippen LogP contribution in [0.2, 0.25) is 0 Å². The number of rotatable bonds is 4. The van der Waals surface area contributed by atoms with E-state index in [1.807, 2.05) is 0 Å². The second-order valence-electron chi connectivity index (χ2n) is 5.82. The number of alkyl halides is 3. The average Bonchev–Trinajstić information content (AvgIpc) is 3.03. The Labute approximate surface area is 151 Å². The van der Waals surface area contributed by atoms with Gasteiger partial charge in [0, 0.05) is 18.8 Å². The molecule has 0 amide bonds. The summed E-state index contributed by atoms with van der Waals surface area (Å²) >= 11 is 0. The van der Waals surface area contributed by atoms with Crippen LogP contribution in [0, 0.1) is 11.6 Å². The van der Waals surface area contributed by atoms with Crippen LogP contribution >= 0.6 is 0 Å². The summed E-state index contributed by atoms with van der Waals surface area (Å²) in [5, 5.41) is 0. The number of halogens is 5. The molecule has 1 aliphatic heterocycles. The molecular formula is C16H13F5N2O3S. The summed E-state index contributed by atoms with van der Waals surface area (Å²) in [4.78, 5) is 2.61. The van der Waals surface area contributed by atoms with E-state index in [4.69, 9.17) is 4.74 Å². The summed E-state index contributed by atoms with van der Waals surface area (Å²) in [7, 11) is -4.45. The Kier molecular flexibility index (Phi) is 5.08. The van der Waals surface area contributed by atoms with Crippen LogP contribution in [0.15, 0.2) is 41.4 Å². The van der Waals surface area contributed by atoms with E-state index in [0.29, 0.717) is 6.07 Å². The van der Waals surface area contributed by atoms with Crippen LogP contribution in [0.3, 0.4) is 0 Å². The Morgan fingerprint density at radius 3 is 2.44 bits per heavy atom. The van der Waals surface area contributed by atoms with Gasteiger partial charge in [-0.25, -0.2) is 22.2 Å². The molecule has 0 spiro atoms. The maximum atomic E-state index is 13.8. The topological polar surface area (TPSA) is 59.5 Å². The number of hydrogen-bond acceptors (Lipinski definition) is 4. The van der Waals surface area contributed by atoms with E-state index in [1.54, 1.807) is 0 Å². The molecule has 146 valence electrons. The van der Waals surface area contributed by atoms with Gasteiger partial charge in [0.2, 0.25) is 15.9 Å². The Bertz CT molecular complexity index is 929. The third-order valence-electron chi connectivity index (χ3n) is 3.97. The highest BCUT2D eigenvalue weighted by molar-refractivity contribution is 7.89. The minimum Gasteiger partial charge on any atom is -0.473 e. The van der Waals surface area contributed by atoms with E-state index in [1.165, 1.54) is 0 Å². The lowest BCUT2D eigenvalue weighted by Crippen LogP contribution is -2.32. The van der Waals surface area contributed by atoms with E-state index in [0.717, 1.165) is 34.8 Å². The largest absolute Gasteiger partial charge is 0.473 e. The van der Waals surface area contributed by atoms with Gasteiger partial charge in [-0.15, -0.1) is 0 Å². The van der Waals surface area contributed by atoms with Crippen molar-refractivity contribution >= 4 is 10.0 Å². The van der Waals surface area contributed by atoms with Crippen molar-refractivity contribution in [1.29, 1.82) is 0 Å². The number of ether oxygens (including phenoxy) is 1. The molecule has 1 fully saturated rings. The number of sulfonamides is 1. The van der Waals surface area contributed by atoms with Gasteiger partial charge in [0.25, 0.3) is 0 Å². The molecule has 1 saturated heterocycles. The fraction of sp³-hybridized carbons (Fsp3) is 0.312. The molecule has 0 N–H and O–H groups in total. The van der Waals surface area contributed by atoms with Crippen LogP contribution in [0.4, 0.5) is 22.0 Å². The van der Waals surface area contributed by atoms with E-state index in [9.17, 15) is 30.4 Å². The molecule has 2 heterocycles. The fourth-order valence-corrected chi connectivity index (χ4v) is 4.29. The second kappa shape index (κ2) is 7.04. The highest BCUT2D eigenvalue weighted by atomic mass is 32.2. The summed E-state index contributed by atoms with van der Waals surface area (Å²) in [6.45, 7) is -0.367. The van der Waals surface area contributed by atoms with Crippen molar-refractivity contribution < 1.29 is 35.1 Å². The van der Waals surface area contributed by atoms with Gasteiger partial charge in [0.15, 0.2) is 4.90 Å². The minimum atomic E-state index is -4.57. The van der Waals surface area contributed by atoms with Gasteiger partial charge < -0.3 is 4.74 Å². The van der Waals surface area contributed by atoms with Gasteiger partial charge in [0.1, 0.15) is 17.7 Å². The summed E-state index contributed by atoms with van der Waals surface area (Å²) in [6, 6.07) is 4.17. The molecule has 1 aromatic heterocycles. The Morgan fingerprint density at radius 1 is 1.15 bits per heavy atom. The van der Waals surface area contributed by atoms with Crippen molar-refractivity contribution in [2.45, 2.75) is 23.6 Å². The first-order valence-electron chi connectivity index (χ1n) is 7.73. The number of benzene rings is 1. The molecule has 1 atom stereocenters. The number of hydrogen-bond donors (Lipinski definition) is 0. The first-order valence-corrected chi connectivity index (χ1v) is 9.17. The van der Waals surface area contributed by atoms with Gasteiger partial charge in [-0.1, -0.05) is 6.07 Å². The van der Waals surface area contributed by atoms with Crippen LogP contribution in [0.5, 0.6) is 5.88 Å². The Balaban J connectivity index is 1.76. The molecule has 11 heteroatoms. The lowest BCUT2D eigenvalue weighted by atomic mass is 10.2.